The highest BCUT2D eigenvalue weighted by Crippen LogP contribution is 2.54. The molecule has 1 heterocycles. The van der Waals surface area contributed by atoms with Crippen LogP contribution >= 0.6 is 8.45 Å². The van der Waals surface area contributed by atoms with Gasteiger partial charge in [0.25, 0.3) is 0 Å². The van der Waals surface area contributed by atoms with Crippen LogP contribution in [0.2, 0.25) is 0 Å². The van der Waals surface area contributed by atoms with Crippen LogP contribution in [0.1, 0.15) is 27.7 Å². The fourth-order valence-corrected chi connectivity index (χ4v) is 5.50. The third kappa shape index (κ3) is 4.01. The lowest BCUT2D eigenvalue weighted by Crippen LogP contribution is -2.43. The molecular weight excluding hydrogens is 371 g/mol. The summed E-state index contributed by atoms with van der Waals surface area (Å²) < 4.78 is 11.1. The maximum atomic E-state index is 12.3. The molecule has 1 saturated heterocycles. The molecule has 28 heavy (non-hydrogen) atoms. The molecule has 0 spiro atoms. The molecule has 0 amide bonds. The summed E-state index contributed by atoms with van der Waals surface area (Å²) in [6, 6.07) is 10.7. The average Bonchev–Trinajstić information content (AvgIpc) is 2.85. The van der Waals surface area contributed by atoms with Crippen LogP contribution in [0.25, 0.3) is 0 Å². The Kier molecular flexibility index (Phi) is 5.97. The van der Waals surface area contributed by atoms with Crippen molar-refractivity contribution in [2.75, 3.05) is 26.0 Å². The SMILES string of the molecule is C=C1C(=O)C(NCC(C)(C)OP2N(C)[C@H](C)[C@@H](C)N2C)=C1Nc1ccccc1. The lowest BCUT2D eigenvalue weighted by Gasteiger charge is -2.36. The maximum Gasteiger partial charge on any atom is 0.212 e. The van der Waals surface area contributed by atoms with Crippen LogP contribution in [0.5, 0.6) is 0 Å². The van der Waals surface area contributed by atoms with Gasteiger partial charge < -0.3 is 15.2 Å². The smallest absolute Gasteiger partial charge is 0.212 e. The second-order valence-electron chi connectivity index (χ2n) is 8.13. The highest BCUT2D eigenvalue weighted by Gasteiger charge is 2.43. The molecule has 1 aromatic rings. The first-order chi connectivity index (χ1) is 13.1. The molecule has 1 aliphatic heterocycles. The van der Waals surface area contributed by atoms with E-state index in [1.54, 1.807) is 0 Å². The number of likely N-dealkylation sites (N-methyl/N-ethyl adjacent to an activating group) is 2. The minimum atomic E-state index is -0.830. The number of rotatable bonds is 7. The Morgan fingerprint density at radius 3 is 2.25 bits per heavy atom. The van der Waals surface area contributed by atoms with Gasteiger partial charge in [-0.2, -0.15) is 0 Å². The van der Waals surface area contributed by atoms with Gasteiger partial charge in [-0.15, -0.1) is 0 Å². The number of Topliss-reactive ketones (excluding diaryl/α,β-unsaturated/α-hetero) is 1. The Morgan fingerprint density at radius 2 is 1.68 bits per heavy atom. The topological polar surface area (TPSA) is 56.8 Å². The van der Waals surface area contributed by atoms with E-state index >= 15 is 0 Å². The first-order valence-electron chi connectivity index (χ1n) is 9.61. The Hall–Kier alpha value is -1.72. The van der Waals surface area contributed by atoms with Gasteiger partial charge in [0.15, 0.2) is 8.45 Å². The van der Waals surface area contributed by atoms with Crippen LogP contribution in [0.15, 0.2) is 53.9 Å². The Balaban J connectivity index is 1.66. The standard InChI is InChI=1S/C21H31N4O2P/c1-14-18(23-17-11-9-8-10-12-17)19(20(14)26)22-13-21(4,5)27-28-24(6)15(2)16(3)25(28)7/h8-12,15-16,22-23H,1,13H2,2-7H3/t15-,16-/m1/s1. The predicted molar refractivity (Wildman–Crippen MR) is 116 cm³/mol. The molecule has 6 nitrogen and oxygen atoms in total. The number of anilines is 1. The Bertz CT molecular complexity index is 779. The van der Waals surface area contributed by atoms with Gasteiger partial charge in [-0.1, -0.05) is 24.8 Å². The van der Waals surface area contributed by atoms with E-state index in [2.05, 4.69) is 68.3 Å². The molecule has 0 unspecified atom stereocenters. The molecule has 1 aliphatic carbocycles. The molecule has 0 saturated carbocycles. The monoisotopic (exact) mass is 402 g/mol. The van der Waals surface area contributed by atoms with Gasteiger partial charge in [0.1, 0.15) is 5.70 Å². The van der Waals surface area contributed by atoms with Crippen LogP contribution in [0.3, 0.4) is 0 Å². The molecule has 3 rings (SSSR count). The van der Waals surface area contributed by atoms with E-state index in [4.69, 9.17) is 4.52 Å². The van der Waals surface area contributed by atoms with Gasteiger partial charge in [-0.05, 0) is 53.9 Å². The Labute approximate surface area is 169 Å². The zero-order valence-corrected chi connectivity index (χ0v) is 18.5. The summed E-state index contributed by atoms with van der Waals surface area (Å²) in [5.74, 6) is -0.0442. The van der Waals surface area contributed by atoms with Crippen molar-refractivity contribution in [1.29, 1.82) is 0 Å². The van der Waals surface area contributed by atoms with Crippen molar-refractivity contribution in [3.63, 3.8) is 0 Å². The van der Waals surface area contributed by atoms with E-state index in [0.29, 0.717) is 29.9 Å². The number of carbonyl (C=O) groups excluding carboxylic acids is 1. The normalized spacial score (nSPS) is 24.6. The largest absolute Gasteiger partial charge is 0.377 e. The number of hydrogen-bond donors (Lipinski definition) is 2. The van der Waals surface area contributed by atoms with Gasteiger partial charge in [-0.3, -0.25) is 4.79 Å². The summed E-state index contributed by atoms with van der Waals surface area (Å²) in [4.78, 5) is 12.3. The first-order valence-corrected chi connectivity index (χ1v) is 10.8. The molecular formula is C21H31N4O2P. The summed E-state index contributed by atoms with van der Waals surface area (Å²) >= 11 is 0. The van der Waals surface area contributed by atoms with Gasteiger partial charge >= 0.3 is 0 Å². The van der Waals surface area contributed by atoms with Gasteiger partial charge in [0.05, 0.1) is 11.3 Å². The molecule has 2 N–H and O–H groups in total. The van der Waals surface area contributed by atoms with E-state index in [0.717, 1.165) is 11.4 Å². The van der Waals surface area contributed by atoms with Crippen molar-refractivity contribution in [2.24, 2.45) is 0 Å². The van der Waals surface area contributed by atoms with Crippen molar-refractivity contribution in [3.05, 3.63) is 53.9 Å². The van der Waals surface area contributed by atoms with Crippen molar-refractivity contribution in [3.8, 4) is 0 Å². The van der Waals surface area contributed by atoms with E-state index in [1.165, 1.54) is 0 Å². The number of carbonyl (C=O) groups is 1. The van der Waals surface area contributed by atoms with E-state index in [1.807, 2.05) is 30.3 Å². The number of allylic oxidation sites excluding steroid dienone is 2. The summed E-state index contributed by atoms with van der Waals surface area (Å²) in [5.41, 5.74) is 2.34. The Morgan fingerprint density at radius 1 is 1.11 bits per heavy atom. The van der Waals surface area contributed by atoms with Crippen molar-refractivity contribution >= 4 is 19.9 Å². The number of nitrogens with one attached hydrogen (secondary N) is 2. The molecule has 2 atom stereocenters. The fraction of sp³-hybridized carbons (Fsp3) is 0.476. The zero-order chi connectivity index (χ0) is 20.6. The lowest BCUT2D eigenvalue weighted by atomic mass is 9.92. The summed E-state index contributed by atoms with van der Waals surface area (Å²) in [6.45, 7) is 13.0. The molecule has 0 bridgehead atoms. The van der Waals surface area contributed by atoms with Crippen LogP contribution in [-0.2, 0) is 9.32 Å². The van der Waals surface area contributed by atoms with E-state index < -0.39 is 14.1 Å². The second-order valence-corrected chi connectivity index (χ2v) is 10.1. The van der Waals surface area contributed by atoms with Crippen molar-refractivity contribution < 1.29 is 9.32 Å². The first kappa shape index (κ1) is 21.0. The minimum Gasteiger partial charge on any atom is -0.377 e. The van der Waals surface area contributed by atoms with Gasteiger partial charge in [-0.25, -0.2) is 9.34 Å². The van der Waals surface area contributed by atoms with Gasteiger partial charge in [0.2, 0.25) is 5.78 Å². The molecule has 2 aliphatic rings. The molecule has 1 aromatic carbocycles. The maximum absolute atomic E-state index is 12.3. The molecule has 0 aromatic heterocycles. The number of benzene rings is 1. The summed E-state index contributed by atoms with van der Waals surface area (Å²) in [5, 5.41) is 6.58. The van der Waals surface area contributed by atoms with Crippen LogP contribution in [0.4, 0.5) is 5.69 Å². The quantitative estimate of drug-likeness (QED) is 0.536. The van der Waals surface area contributed by atoms with Crippen molar-refractivity contribution in [1.82, 2.24) is 14.7 Å². The predicted octanol–water partition coefficient (Wildman–Crippen LogP) is 3.71. The second kappa shape index (κ2) is 7.96. The fourth-order valence-electron chi connectivity index (χ4n) is 3.28. The number of hydrogen-bond acceptors (Lipinski definition) is 6. The molecule has 0 radical (unpaired) electrons. The minimum absolute atomic E-state index is 0.0442. The third-order valence-corrected chi connectivity index (χ3v) is 8.00. The highest BCUT2D eigenvalue weighted by molar-refractivity contribution is 7.47. The summed E-state index contributed by atoms with van der Waals surface area (Å²) in [7, 11) is 3.40. The molecule has 7 heteroatoms. The van der Waals surface area contributed by atoms with E-state index in [-0.39, 0.29) is 5.78 Å². The van der Waals surface area contributed by atoms with Crippen molar-refractivity contribution in [2.45, 2.75) is 45.4 Å². The molecule has 152 valence electrons. The number of nitrogens with zero attached hydrogens (tertiary/aromatic N) is 2. The third-order valence-electron chi connectivity index (χ3n) is 5.53. The van der Waals surface area contributed by atoms with Crippen LogP contribution in [-0.4, -0.2) is 53.4 Å². The highest BCUT2D eigenvalue weighted by atomic mass is 31.2. The average molecular weight is 402 g/mol. The number of para-hydroxylation sites is 1. The molecule has 1 fully saturated rings. The van der Waals surface area contributed by atoms with Crippen LogP contribution in [0, 0.1) is 0 Å². The lowest BCUT2D eigenvalue weighted by molar-refractivity contribution is -0.113. The van der Waals surface area contributed by atoms with E-state index in [9.17, 15) is 4.79 Å². The number of ketones is 1. The zero-order valence-electron chi connectivity index (χ0n) is 17.6. The van der Waals surface area contributed by atoms with Crippen LogP contribution < -0.4 is 10.6 Å². The van der Waals surface area contributed by atoms with Gasteiger partial charge in [0, 0.05) is 29.9 Å². The summed E-state index contributed by atoms with van der Waals surface area (Å²) in [6.07, 6.45) is 0.